The smallest absolute Gasteiger partial charge is 0.255 e. The fraction of sp³-hybridized carbons (Fsp3) is 0.278. The van der Waals surface area contributed by atoms with Crippen LogP contribution in [-0.2, 0) is 4.74 Å². The molecule has 0 radical (unpaired) electrons. The molecular formula is C18H21NO4. The van der Waals surface area contributed by atoms with Crippen molar-refractivity contribution in [1.82, 2.24) is 0 Å². The normalized spacial score (nSPS) is 10.2. The van der Waals surface area contributed by atoms with Gasteiger partial charge in [-0.15, -0.1) is 0 Å². The first-order valence-electron chi connectivity index (χ1n) is 7.49. The molecule has 1 amide bonds. The zero-order valence-corrected chi connectivity index (χ0v) is 13.4. The molecule has 122 valence electrons. The Kier molecular flexibility index (Phi) is 6.44. The second-order valence-electron chi connectivity index (χ2n) is 4.78. The summed E-state index contributed by atoms with van der Waals surface area (Å²) in [4.78, 5) is 12.3. The quantitative estimate of drug-likeness (QED) is 0.759. The van der Waals surface area contributed by atoms with Crippen molar-refractivity contribution >= 4 is 11.6 Å². The molecular weight excluding hydrogens is 294 g/mol. The monoisotopic (exact) mass is 315 g/mol. The summed E-state index contributed by atoms with van der Waals surface area (Å²) >= 11 is 0. The van der Waals surface area contributed by atoms with E-state index in [0.29, 0.717) is 36.8 Å². The number of nitrogens with one attached hydrogen (secondary N) is 1. The van der Waals surface area contributed by atoms with Gasteiger partial charge in [0, 0.05) is 18.4 Å². The third kappa shape index (κ3) is 5.30. The molecule has 0 fully saturated rings. The highest BCUT2D eigenvalue weighted by Gasteiger charge is 2.07. The van der Waals surface area contributed by atoms with Crippen LogP contribution in [0.4, 0.5) is 5.69 Å². The van der Waals surface area contributed by atoms with Gasteiger partial charge in [0.25, 0.3) is 5.91 Å². The van der Waals surface area contributed by atoms with Crippen LogP contribution in [0.1, 0.15) is 17.3 Å². The van der Waals surface area contributed by atoms with Crippen LogP contribution >= 0.6 is 0 Å². The van der Waals surface area contributed by atoms with E-state index in [2.05, 4.69) is 5.32 Å². The molecule has 0 bridgehead atoms. The highest BCUT2D eigenvalue weighted by molar-refractivity contribution is 6.04. The van der Waals surface area contributed by atoms with Gasteiger partial charge in [0.1, 0.15) is 18.1 Å². The molecule has 0 heterocycles. The Bertz CT molecular complexity index is 625. The van der Waals surface area contributed by atoms with E-state index < -0.39 is 0 Å². The third-order valence-electron chi connectivity index (χ3n) is 3.08. The van der Waals surface area contributed by atoms with Crippen LogP contribution in [0.25, 0.3) is 0 Å². The summed E-state index contributed by atoms with van der Waals surface area (Å²) in [6.07, 6.45) is 0. The van der Waals surface area contributed by atoms with E-state index >= 15 is 0 Å². The number of rotatable bonds is 8. The van der Waals surface area contributed by atoms with Crippen molar-refractivity contribution in [2.24, 2.45) is 0 Å². The molecule has 0 spiro atoms. The Morgan fingerprint density at radius 3 is 2.48 bits per heavy atom. The van der Waals surface area contributed by atoms with Crippen LogP contribution in [0.5, 0.6) is 11.5 Å². The standard InChI is InChI=1S/C18H21NO4/c1-3-22-17-6-4-5-14(13-17)18(20)19-15-7-9-16(10-8-15)23-12-11-21-2/h4-10,13H,3,11-12H2,1-2H3,(H,19,20). The molecule has 0 aliphatic rings. The average Bonchev–Trinajstić information content (AvgIpc) is 2.57. The Morgan fingerprint density at radius 1 is 1.00 bits per heavy atom. The van der Waals surface area contributed by atoms with E-state index in [4.69, 9.17) is 14.2 Å². The predicted molar refractivity (Wildman–Crippen MR) is 89.4 cm³/mol. The number of benzene rings is 2. The van der Waals surface area contributed by atoms with Crippen LogP contribution in [0, 0.1) is 0 Å². The second kappa shape index (κ2) is 8.80. The summed E-state index contributed by atoms with van der Waals surface area (Å²) in [6.45, 7) is 3.50. The molecule has 23 heavy (non-hydrogen) atoms. The van der Waals surface area contributed by atoms with Crippen molar-refractivity contribution < 1.29 is 19.0 Å². The Morgan fingerprint density at radius 2 is 1.78 bits per heavy atom. The molecule has 0 saturated heterocycles. The molecule has 0 saturated carbocycles. The van der Waals surface area contributed by atoms with Crippen LogP contribution < -0.4 is 14.8 Å². The molecule has 1 N–H and O–H groups in total. The molecule has 2 aromatic carbocycles. The van der Waals surface area contributed by atoms with Crippen molar-refractivity contribution in [1.29, 1.82) is 0 Å². The van der Waals surface area contributed by atoms with Crippen molar-refractivity contribution in [3.05, 3.63) is 54.1 Å². The van der Waals surface area contributed by atoms with Gasteiger partial charge < -0.3 is 19.5 Å². The number of amides is 1. The Labute approximate surface area is 136 Å². The summed E-state index contributed by atoms with van der Waals surface area (Å²) in [6, 6.07) is 14.3. The van der Waals surface area contributed by atoms with Crippen LogP contribution in [0.2, 0.25) is 0 Å². The third-order valence-corrected chi connectivity index (χ3v) is 3.08. The van der Waals surface area contributed by atoms with Gasteiger partial charge in [-0.25, -0.2) is 0 Å². The van der Waals surface area contributed by atoms with Crippen molar-refractivity contribution in [3.63, 3.8) is 0 Å². The predicted octanol–water partition coefficient (Wildman–Crippen LogP) is 3.36. The van der Waals surface area contributed by atoms with Gasteiger partial charge in [-0.2, -0.15) is 0 Å². The van der Waals surface area contributed by atoms with Gasteiger partial charge in [-0.05, 0) is 49.4 Å². The maximum atomic E-state index is 12.3. The van der Waals surface area contributed by atoms with Gasteiger partial charge in [-0.3, -0.25) is 4.79 Å². The number of anilines is 1. The van der Waals surface area contributed by atoms with E-state index in [1.54, 1.807) is 37.4 Å². The van der Waals surface area contributed by atoms with Gasteiger partial charge >= 0.3 is 0 Å². The number of hydrogen-bond donors (Lipinski definition) is 1. The average molecular weight is 315 g/mol. The number of ether oxygens (including phenoxy) is 3. The first-order chi connectivity index (χ1) is 11.2. The highest BCUT2D eigenvalue weighted by atomic mass is 16.5. The van der Waals surface area contributed by atoms with Gasteiger partial charge in [-0.1, -0.05) is 6.07 Å². The molecule has 0 aromatic heterocycles. The fourth-order valence-electron chi connectivity index (χ4n) is 1.97. The number of hydrogen-bond acceptors (Lipinski definition) is 4. The first kappa shape index (κ1) is 16.8. The minimum atomic E-state index is -0.181. The minimum Gasteiger partial charge on any atom is -0.494 e. The van der Waals surface area contributed by atoms with Crippen LogP contribution in [0.15, 0.2) is 48.5 Å². The van der Waals surface area contributed by atoms with E-state index in [1.807, 2.05) is 25.1 Å². The number of carbonyl (C=O) groups excluding carboxylic acids is 1. The zero-order valence-electron chi connectivity index (χ0n) is 13.4. The molecule has 5 nitrogen and oxygen atoms in total. The Balaban J connectivity index is 1.95. The molecule has 0 aliphatic heterocycles. The lowest BCUT2D eigenvalue weighted by molar-refractivity contribution is 0.102. The highest BCUT2D eigenvalue weighted by Crippen LogP contribution is 2.18. The summed E-state index contributed by atoms with van der Waals surface area (Å²) in [5.74, 6) is 1.24. The maximum absolute atomic E-state index is 12.3. The fourth-order valence-corrected chi connectivity index (χ4v) is 1.97. The second-order valence-corrected chi connectivity index (χ2v) is 4.78. The van der Waals surface area contributed by atoms with E-state index in [-0.39, 0.29) is 5.91 Å². The lowest BCUT2D eigenvalue weighted by atomic mass is 10.2. The summed E-state index contributed by atoms with van der Waals surface area (Å²) in [5, 5.41) is 2.85. The summed E-state index contributed by atoms with van der Waals surface area (Å²) < 4.78 is 15.8. The van der Waals surface area contributed by atoms with Gasteiger partial charge in [0.2, 0.25) is 0 Å². The maximum Gasteiger partial charge on any atom is 0.255 e. The first-order valence-corrected chi connectivity index (χ1v) is 7.49. The van der Waals surface area contributed by atoms with E-state index in [0.717, 1.165) is 5.75 Å². The SMILES string of the molecule is CCOc1cccc(C(=O)Nc2ccc(OCCOC)cc2)c1. The summed E-state index contributed by atoms with van der Waals surface area (Å²) in [7, 11) is 1.63. The minimum absolute atomic E-state index is 0.181. The zero-order chi connectivity index (χ0) is 16.5. The van der Waals surface area contributed by atoms with E-state index in [1.165, 1.54) is 0 Å². The van der Waals surface area contributed by atoms with Crippen LogP contribution in [0.3, 0.4) is 0 Å². The van der Waals surface area contributed by atoms with Crippen molar-refractivity contribution in [2.45, 2.75) is 6.92 Å². The number of carbonyl (C=O) groups is 1. The van der Waals surface area contributed by atoms with Gasteiger partial charge in [0.15, 0.2) is 0 Å². The lowest BCUT2D eigenvalue weighted by Crippen LogP contribution is -2.12. The topological polar surface area (TPSA) is 56.8 Å². The Hall–Kier alpha value is -2.53. The van der Waals surface area contributed by atoms with Gasteiger partial charge in [0.05, 0.1) is 13.2 Å². The molecule has 0 unspecified atom stereocenters. The molecule has 2 aromatic rings. The van der Waals surface area contributed by atoms with E-state index in [9.17, 15) is 4.79 Å². The molecule has 0 atom stereocenters. The van der Waals surface area contributed by atoms with Crippen molar-refractivity contribution in [2.75, 3.05) is 32.2 Å². The largest absolute Gasteiger partial charge is 0.494 e. The lowest BCUT2D eigenvalue weighted by Gasteiger charge is -2.09. The summed E-state index contributed by atoms with van der Waals surface area (Å²) in [5.41, 5.74) is 1.26. The van der Waals surface area contributed by atoms with Crippen molar-refractivity contribution in [3.8, 4) is 11.5 Å². The molecule has 5 heteroatoms. The molecule has 0 aliphatic carbocycles. The number of methoxy groups -OCH3 is 1. The van der Waals surface area contributed by atoms with Crippen LogP contribution in [-0.4, -0.2) is 32.8 Å². The molecule has 2 rings (SSSR count).